The van der Waals surface area contributed by atoms with E-state index in [9.17, 15) is 4.79 Å². The van der Waals surface area contributed by atoms with Gasteiger partial charge in [0.15, 0.2) is 5.78 Å². The van der Waals surface area contributed by atoms with E-state index in [4.69, 9.17) is 11.6 Å². The fourth-order valence-electron chi connectivity index (χ4n) is 1.60. The summed E-state index contributed by atoms with van der Waals surface area (Å²) in [6.07, 6.45) is 6.41. The number of rotatable bonds is 5. The number of hydrogen-bond acceptors (Lipinski definition) is 2. The summed E-state index contributed by atoms with van der Waals surface area (Å²) < 4.78 is 1.78. The number of aryl methyl sites for hydroxylation is 1. The molecule has 3 nitrogen and oxygen atoms in total. The van der Waals surface area contributed by atoms with Crippen LogP contribution in [0.3, 0.4) is 0 Å². The molecule has 0 fully saturated rings. The Bertz CT molecular complexity index is 480. The average Bonchev–Trinajstić information content (AvgIpc) is 2.81. The molecule has 96 valence electrons. The first-order chi connectivity index (χ1) is 8.24. The molecule has 5 heteroatoms. The molecule has 2 aromatic rings. The molecule has 0 amide bonds. The molecule has 0 saturated carbocycles. The molecule has 0 N–H and O–H groups in total. The van der Waals surface area contributed by atoms with E-state index < -0.39 is 0 Å². The molecule has 0 aliphatic rings. The van der Waals surface area contributed by atoms with Gasteiger partial charge in [-0.1, -0.05) is 23.7 Å². The molecular weight excluding hydrogens is 271 g/mol. The first kappa shape index (κ1) is 14.7. The molecule has 0 unspecified atom stereocenters. The Morgan fingerprint density at radius 2 is 2.00 bits per heavy atom. The fourth-order valence-corrected chi connectivity index (χ4v) is 1.72. The van der Waals surface area contributed by atoms with Crippen LogP contribution in [0.15, 0.2) is 43.0 Å². The van der Waals surface area contributed by atoms with Gasteiger partial charge >= 0.3 is 0 Å². The number of ketones is 1. The van der Waals surface area contributed by atoms with E-state index in [1.807, 2.05) is 24.3 Å². The van der Waals surface area contributed by atoms with Crippen LogP contribution in [-0.4, -0.2) is 15.3 Å². The first-order valence-corrected chi connectivity index (χ1v) is 5.84. The number of imidazole rings is 1. The van der Waals surface area contributed by atoms with Crippen LogP contribution >= 0.6 is 24.0 Å². The third-order valence-electron chi connectivity index (χ3n) is 2.52. The standard InChI is InChI=1S/C13H13ClN2O.ClH/c14-12-4-1-11(2-5-12)3-6-13(17)9-16-8-7-15-10-16;/h1-2,4-5,7-8,10H,3,6,9H2;1H. The maximum absolute atomic E-state index is 11.7. The minimum absolute atomic E-state index is 0. The third-order valence-corrected chi connectivity index (χ3v) is 2.78. The lowest BCUT2D eigenvalue weighted by molar-refractivity contribution is -0.119. The quantitative estimate of drug-likeness (QED) is 0.845. The summed E-state index contributed by atoms with van der Waals surface area (Å²) in [6, 6.07) is 7.59. The molecule has 1 aromatic carbocycles. The van der Waals surface area contributed by atoms with Crippen LogP contribution in [0, 0.1) is 0 Å². The second kappa shape index (κ2) is 7.19. The number of carbonyl (C=O) groups excluding carboxylic acids is 1. The lowest BCUT2D eigenvalue weighted by atomic mass is 10.1. The fraction of sp³-hybridized carbons (Fsp3) is 0.231. The summed E-state index contributed by atoms with van der Waals surface area (Å²) in [5.41, 5.74) is 1.13. The highest BCUT2D eigenvalue weighted by molar-refractivity contribution is 6.30. The van der Waals surface area contributed by atoms with Crippen molar-refractivity contribution in [3.8, 4) is 0 Å². The van der Waals surface area contributed by atoms with Gasteiger partial charge in [-0.25, -0.2) is 4.98 Å². The predicted molar refractivity (Wildman–Crippen MR) is 74.3 cm³/mol. The van der Waals surface area contributed by atoms with Gasteiger partial charge in [0.1, 0.15) is 0 Å². The van der Waals surface area contributed by atoms with Gasteiger partial charge in [0.05, 0.1) is 12.9 Å². The maximum atomic E-state index is 11.7. The van der Waals surface area contributed by atoms with Crippen LogP contribution < -0.4 is 0 Å². The van der Waals surface area contributed by atoms with E-state index in [1.165, 1.54) is 0 Å². The van der Waals surface area contributed by atoms with Crippen molar-refractivity contribution in [1.29, 1.82) is 0 Å². The van der Waals surface area contributed by atoms with Crippen molar-refractivity contribution in [2.24, 2.45) is 0 Å². The number of benzene rings is 1. The zero-order valence-electron chi connectivity index (χ0n) is 9.75. The molecule has 0 radical (unpaired) electrons. The number of aromatic nitrogens is 2. The summed E-state index contributed by atoms with van der Waals surface area (Å²) in [5, 5.41) is 0.721. The molecule has 2 rings (SSSR count). The molecule has 0 saturated heterocycles. The van der Waals surface area contributed by atoms with Crippen molar-refractivity contribution in [2.45, 2.75) is 19.4 Å². The predicted octanol–water partition coefficient (Wildman–Crippen LogP) is 3.16. The Balaban J connectivity index is 0.00000162. The van der Waals surface area contributed by atoms with Crippen molar-refractivity contribution in [3.05, 3.63) is 53.6 Å². The van der Waals surface area contributed by atoms with Gasteiger partial charge in [-0.2, -0.15) is 0 Å². The van der Waals surface area contributed by atoms with Gasteiger partial charge in [-0.05, 0) is 24.1 Å². The SMILES string of the molecule is Cl.O=C(CCc1ccc(Cl)cc1)Cn1ccnc1. The van der Waals surface area contributed by atoms with Crippen molar-refractivity contribution in [1.82, 2.24) is 9.55 Å². The second-order valence-corrected chi connectivity index (χ2v) is 4.34. The maximum Gasteiger partial charge on any atom is 0.152 e. The van der Waals surface area contributed by atoms with Crippen LogP contribution in [-0.2, 0) is 17.8 Å². The average molecular weight is 285 g/mol. The van der Waals surface area contributed by atoms with E-state index in [-0.39, 0.29) is 18.2 Å². The Kier molecular flexibility index (Phi) is 5.89. The molecule has 1 aromatic heterocycles. The zero-order valence-corrected chi connectivity index (χ0v) is 11.3. The van der Waals surface area contributed by atoms with Crippen LogP contribution in [0.5, 0.6) is 0 Å². The normalized spacial score (nSPS) is 9.83. The van der Waals surface area contributed by atoms with Crippen LogP contribution in [0.2, 0.25) is 5.02 Å². The number of hydrogen-bond donors (Lipinski definition) is 0. The van der Waals surface area contributed by atoms with Crippen molar-refractivity contribution < 1.29 is 4.79 Å². The highest BCUT2D eigenvalue weighted by Gasteiger charge is 2.03. The van der Waals surface area contributed by atoms with Gasteiger partial charge < -0.3 is 4.57 Å². The van der Waals surface area contributed by atoms with Crippen LogP contribution in [0.25, 0.3) is 0 Å². The highest BCUT2D eigenvalue weighted by atomic mass is 35.5. The Morgan fingerprint density at radius 1 is 1.28 bits per heavy atom. The molecule has 0 bridgehead atoms. The molecule has 0 aliphatic carbocycles. The molecule has 18 heavy (non-hydrogen) atoms. The van der Waals surface area contributed by atoms with Gasteiger partial charge in [-0.3, -0.25) is 4.79 Å². The van der Waals surface area contributed by atoms with Crippen molar-refractivity contribution in [3.63, 3.8) is 0 Å². The summed E-state index contributed by atoms with van der Waals surface area (Å²) in [6.45, 7) is 0.396. The van der Waals surface area contributed by atoms with Crippen LogP contribution in [0.1, 0.15) is 12.0 Å². The zero-order chi connectivity index (χ0) is 12.1. The molecule has 0 spiro atoms. The molecular formula is C13H14Cl2N2O. The van der Waals surface area contributed by atoms with E-state index in [2.05, 4.69) is 4.98 Å². The minimum atomic E-state index is 0. The number of halogens is 2. The smallest absolute Gasteiger partial charge is 0.152 e. The van der Waals surface area contributed by atoms with Crippen molar-refractivity contribution in [2.75, 3.05) is 0 Å². The Labute approximate surface area is 117 Å². The van der Waals surface area contributed by atoms with Crippen molar-refractivity contribution >= 4 is 29.8 Å². The minimum Gasteiger partial charge on any atom is -0.330 e. The van der Waals surface area contributed by atoms with Gasteiger partial charge in [0.2, 0.25) is 0 Å². The lowest BCUT2D eigenvalue weighted by Crippen LogP contribution is -2.09. The highest BCUT2D eigenvalue weighted by Crippen LogP contribution is 2.11. The topological polar surface area (TPSA) is 34.9 Å². The molecule has 0 aliphatic heterocycles. The number of carbonyl (C=O) groups is 1. The molecule has 0 atom stereocenters. The van der Waals surface area contributed by atoms with E-state index in [0.717, 1.165) is 17.0 Å². The summed E-state index contributed by atoms with van der Waals surface area (Å²) in [7, 11) is 0. The molecule has 1 heterocycles. The van der Waals surface area contributed by atoms with Crippen LogP contribution in [0.4, 0.5) is 0 Å². The summed E-state index contributed by atoms with van der Waals surface area (Å²) >= 11 is 5.79. The van der Waals surface area contributed by atoms with Gasteiger partial charge in [-0.15, -0.1) is 12.4 Å². The van der Waals surface area contributed by atoms with E-state index in [0.29, 0.717) is 13.0 Å². The largest absolute Gasteiger partial charge is 0.330 e. The van der Waals surface area contributed by atoms with Gasteiger partial charge in [0.25, 0.3) is 0 Å². The Hall–Kier alpha value is -1.32. The van der Waals surface area contributed by atoms with E-state index in [1.54, 1.807) is 23.3 Å². The Morgan fingerprint density at radius 3 is 2.61 bits per heavy atom. The number of nitrogens with zero attached hydrogens (tertiary/aromatic N) is 2. The third kappa shape index (κ3) is 4.51. The monoisotopic (exact) mass is 284 g/mol. The van der Waals surface area contributed by atoms with E-state index >= 15 is 0 Å². The van der Waals surface area contributed by atoms with Gasteiger partial charge in [0, 0.05) is 23.8 Å². The summed E-state index contributed by atoms with van der Waals surface area (Å²) in [5.74, 6) is 0.206. The summed E-state index contributed by atoms with van der Waals surface area (Å²) in [4.78, 5) is 15.6. The first-order valence-electron chi connectivity index (χ1n) is 5.46. The number of Topliss-reactive ketones (excluding diaryl/α,β-unsaturated/α-hetero) is 1. The lowest BCUT2D eigenvalue weighted by Gasteiger charge is -2.02. The second-order valence-electron chi connectivity index (χ2n) is 3.90.